The summed E-state index contributed by atoms with van der Waals surface area (Å²) < 4.78 is 10.9. The van der Waals surface area contributed by atoms with E-state index >= 15 is 0 Å². The molecule has 0 atom stereocenters. The molecule has 2 aromatic carbocycles. The van der Waals surface area contributed by atoms with Gasteiger partial charge in [0, 0.05) is 23.4 Å². The molecule has 0 N–H and O–H groups in total. The fourth-order valence-corrected chi connectivity index (χ4v) is 4.02. The number of carbonyl (C=O) groups excluding carboxylic acids is 1. The number of aromatic nitrogens is 1. The number of hydrogen-bond acceptors (Lipinski definition) is 4. The number of hydrogen-bond donors (Lipinski definition) is 0. The van der Waals surface area contributed by atoms with E-state index in [1.165, 1.54) is 0 Å². The Hall–Kier alpha value is -3.14. The summed E-state index contributed by atoms with van der Waals surface area (Å²) in [4.78, 5) is 17.9. The molecule has 0 spiro atoms. The van der Waals surface area contributed by atoms with Crippen LogP contribution in [-0.4, -0.2) is 17.6 Å². The first-order chi connectivity index (χ1) is 13.7. The smallest absolute Gasteiger partial charge is 0.231 e. The highest BCUT2D eigenvalue weighted by atomic mass is 16.7. The second-order valence-corrected chi connectivity index (χ2v) is 7.55. The Morgan fingerprint density at radius 3 is 2.54 bits per heavy atom. The molecular weight excluding hydrogens is 350 g/mol. The maximum atomic E-state index is 13.2. The number of fused-ring (bicyclic) bond motifs is 1. The van der Waals surface area contributed by atoms with Crippen LogP contribution in [0.1, 0.15) is 29.8 Å². The average Bonchev–Trinajstić information content (AvgIpc) is 3.40. The van der Waals surface area contributed by atoms with Crippen molar-refractivity contribution in [1.29, 1.82) is 0 Å². The summed E-state index contributed by atoms with van der Waals surface area (Å²) in [7, 11) is 0. The lowest BCUT2D eigenvalue weighted by atomic mass is 9.88. The molecule has 28 heavy (non-hydrogen) atoms. The van der Waals surface area contributed by atoms with Gasteiger partial charge in [0.05, 0.1) is 5.41 Å². The van der Waals surface area contributed by atoms with Gasteiger partial charge in [-0.1, -0.05) is 42.5 Å². The van der Waals surface area contributed by atoms with Crippen LogP contribution in [0.2, 0.25) is 0 Å². The molecule has 1 aliphatic heterocycles. The van der Waals surface area contributed by atoms with Gasteiger partial charge in [-0.3, -0.25) is 9.78 Å². The molecule has 4 heteroatoms. The lowest BCUT2D eigenvalue weighted by Gasteiger charge is -2.15. The SMILES string of the molecule is Cc1nc(CC(=O)C2(c3ccc4c(c3)OCO4)CC2)ccc1-c1ccccc1. The molecule has 0 radical (unpaired) electrons. The maximum Gasteiger partial charge on any atom is 0.231 e. The van der Waals surface area contributed by atoms with Gasteiger partial charge in [-0.25, -0.2) is 0 Å². The normalized spacial score (nSPS) is 16.0. The molecule has 140 valence electrons. The predicted octanol–water partition coefficient (Wildman–Crippen LogP) is 4.63. The Morgan fingerprint density at radius 1 is 1.00 bits per heavy atom. The summed E-state index contributed by atoms with van der Waals surface area (Å²) in [6.07, 6.45) is 2.11. The number of Topliss-reactive ketones (excluding diaryl/α,β-unsaturated/α-hetero) is 1. The van der Waals surface area contributed by atoms with Crippen molar-refractivity contribution in [2.45, 2.75) is 31.6 Å². The Bertz CT molecular complexity index is 1050. The zero-order valence-corrected chi connectivity index (χ0v) is 15.8. The van der Waals surface area contributed by atoms with Crippen molar-refractivity contribution in [2.75, 3.05) is 6.79 Å². The van der Waals surface area contributed by atoms with Crippen LogP contribution >= 0.6 is 0 Å². The molecule has 1 fully saturated rings. The van der Waals surface area contributed by atoms with Crippen LogP contribution in [-0.2, 0) is 16.6 Å². The second kappa shape index (κ2) is 6.48. The summed E-state index contributed by atoms with van der Waals surface area (Å²) >= 11 is 0. The Balaban J connectivity index is 1.38. The van der Waals surface area contributed by atoms with Crippen LogP contribution in [0.5, 0.6) is 11.5 Å². The van der Waals surface area contributed by atoms with Crippen LogP contribution in [0, 0.1) is 6.92 Å². The second-order valence-electron chi connectivity index (χ2n) is 7.55. The van der Waals surface area contributed by atoms with Crippen LogP contribution in [0.3, 0.4) is 0 Å². The lowest BCUT2D eigenvalue weighted by Crippen LogP contribution is -2.23. The predicted molar refractivity (Wildman–Crippen MR) is 107 cm³/mol. The zero-order valence-electron chi connectivity index (χ0n) is 15.8. The Morgan fingerprint density at radius 2 is 1.79 bits per heavy atom. The van der Waals surface area contributed by atoms with Crippen LogP contribution in [0.4, 0.5) is 0 Å². The number of aryl methyl sites for hydroxylation is 1. The van der Waals surface area contributed by atoms with Gasteiger partial charge in [-0.05, 0) is 49.1 Å². The van der Waals surface area contributed by atoms with Crippen LogP contribution in [0.15, 0.2) is 60.7 Å². The molecule has 0 saturated heterocycles. The van der Waals surface area contributed by atoms with E-state index < -0.39 is 5.41 Å². The minimum atomic E-state index is -0.394. The summed E-state index contributed by atoms with van der Waals surface area (Å²) in [6.45, 7) is 2.25. The minimum Gasteiger partial charge on any atom is -0.454 e. The highest BCUT2D eigenvalue weighted by Gasteiger charge is 2.50. The Labute approximate surface area is 164 Å². The summed E-state index contributed by atoms with van der Waals surface area (Å²) in [5.41, 5.74) is 4.66. The van der Waals surface area contributed by atoms with Crippen LogP contribution < -0.4 is 9.47 Å². The van der Waals surface area contributed by atoms with Crippen molar-refractivity contribution in [3.8, 4) is 22.6 Å². The lowest BCUT2D eigenvalue weighted by molar-refractivity contribution is -0.120. The molecule has 0 unspecified atom stereocenters. The van der Waals surface area contributed by atoms with E-state index in [-0.39, 0.29) is 12.6 Å². The van der Waals surface area contributed by atoms with E-state index in [2.05, 4.69) is 18.2 Å². The van der Waals surface area contributed by atoms with Crippen LogP contribution in [0.25, 0.3) is 11.1 Å². The van der Waals surface area contributed by atoms with E-state index in [4.69, 9.17) is 14.5 Å². The summed E-state index contributed by atoms with van der Waals surface area (Å²) in [5, 5.41) is 0. The average molecular weight is 371 g/mol. The minimum absolute atomic E-state index is 0.228. The van der Waals surface area contributed by atoms with Gasteiger partial charge in [0.1, 0.15) is 5.78 Å². The van der Waals surface area contributed by atoms with Crippen molar-refractivity contribution in [1.82, 2.24) is 4.98 Å². The third-order valence-electron chi connectivity index (χ3n) is 5.78. The third-order valence-corrected chi connectivity index (χ3v) is 5.78. The number of ether oxygens (including phenoxy) is 2. The van der Waals surface area contributed by atoms with Crippen molar-refractivity contribution in [3.05, 3.63) is 77.6 Å². The van der Waals surface area contributed by atoms with Crippen molar-refractivity contribution in [2.24, 2.45) is 0 Å². The van der Waals surface area contributed by atoms with Gasteiger partial charge < -0.3 is 9.47 Å². The van der Waals surface area contributed by atoms with Gasteiger partial charge in [0.25, 0.3) is 0 Å². The third kappa shape index (κ3) is 2.85. The number of nitrogens with zero attached hydrogens (tertiary/aromatic N) is 1. The number of pyridine rings is 1. The van der Waals surface area contributed by atoms with Gasteiger partial charge in [0.15, 0.2) is 11.5 Å². The largest absolute Gasteiger partial charge is 0.454 e. The standard InChI is InChI=1S/C24H21NO3/c1-16-20(17-5-3-2-4-6-17)9-8-19(25-16)14-23(26)24(11-12-24)18-7-10-21-22(13-18)28-15-27-21/h2-10,13H,11-12,14-15H2,1H3. The van der Waals surface area contributed by atoms with Gasteiger partial charge in [-0.15, -0.1) is 0 Å². The van der Waals surface area contributed by atoms with E-state index in [1.807, 2.05) is 49.4 Å². The molecule has 0 bridgehead atoms. The number of ketones is 1. The molecule has 1 aliphatic carbocycles. The molecule has 1 saturated carbocycles. The van der Waals surface area contributed by atoms with Gasteiger partial charge >= 0.3 is 0 Å². The van der Waals surface area contributed by atoms with Crippen molar-refractivity contribution in [3.63, 3.8) is 0 Å². The molecule has 5 rings (SSSR count). The maximum absolute atomic E-state index is 13.2. The highest BCUT2D eigenvalue weighted by molar-refractivity contribution is 5.94. The first-order valence-corrected chi connectivity index (χ1v) is 9.61. The number of rotatable bonds is 5. The fraction of sp³-hybridized carbons (Fsp3) is 0.250. The van der Waals surface area contributed by atoms with E-state index in [0.717, 1.165) is 52.4 Å². The molecule has 2 aliphatic rings. The summed E-state index contributed by atoms with van der Waals surface area (Å²) in [6, 6.07) is 20.1. The van der Waals surface area contributed by atoms with Gasteiger partial charge in [0.2, 0.25) is 6.79 Å². The van der Waals surface area contributed by atoms with E-state index in [9.17, 15) is 4.79 Å². The molecule has 4 nitrogen and oxygen atoms in total. The molecule has 3 aromatic rings. The number of carbonyl (C=O) groups is 1. The van der Waals surface area contributed by atoms with Gasteiger partial charge in [-0.2, -0.15) is 0 Å². The molecule has 1 aromatic heterocycles. The highest BCUT2D eigenvalue weighted by Crippen LogP contribution is 2.51. The summed E-state index contributed by atoms with van der Waals surface area (Å²) in [5.74, 6) is 1.71. The van der Waals surface area contributed by atoms with E-state index in [1.54, 1.807) is 0 Å². The molecular formula is C24H21NO3. The first kappa shape index (κ1) is 17.0. The van der Waals surface area contributed by atoms with E-state index in [0.29, 0.717) is 6.42 Å². The first-order valence-electron chi connectivity index (χ1n) is 9.61. The topological polar surface area (TPSA) is 48.4 Å². The Kier molecular flexibility index (Phi) is 3.93. The quantitative estimate of drug-likeness (QED) is 0.656. The fourth-order valence-electron chi connectivity index (χ4n) is 4.02. The monoisotopic (exact) mass is 371 g/mol. The zero-order chi connectivity index (χ0) is 19.1. The van der Waals surface area contributed by atoms with Crippen molar-refractivity contribution >= 4 is 5.78 Å². The number of benzene rings is 2. The molecule has 2 heterocycles. The van der Waals surface area contributed by atoms with Crippen molar-refractivity contribution < 1.29 is 14.3 Å². The molecule has 0 amide bonds.